The van der Waals surface area contributed by atoms with Crippen LogP contribution in [0.1, 0.15) is 50.6 Å². The van der Waals surface area contributed by atoms with Gasteiger partial charge in [-0.15, -0.1) is 11.3 Å². The molecule has 0 fully saturated rings. The molecule has 0 spiro atoms. The molecule has 0 aliphatic rings. The molecule has 0 aliphatic heterocycles. The van der Waals surface area contributed by atoms with E-state index < -0.39 is 21.9 Å². The predicted octanol–water partition coefficient (Wildman–Crippen LogP) is 3.61. The summed E-state index contributed by atoms with van der Waals surface area (Å²) in [5, 5.41) is 3.14. The number of nitrogens with one attached hydrogen (secondary N) is 1. The fourth-order valence-electron chi connectivity index (χ4n) is 2.67. The molecule has 0 saturated heterocycles. The lowest BCUT2D eigenvalue weighted by Gasteiger charge is -2.16. The van der Waals surface area contributed by atoms with Crippen molar-refractivity contribution in [3.05, 3.63) is 45.3 Å². The highest BCUT2D eigenvalue weighted by atomic mass is 32.2. The van der Waals surface area contributed by atoms with Gasteiger partial charge in [0.05, 0.1) is 17.1 Å². The van der Waals surface area contributed by atoms with Crippen LogP contribution in [0.5, 0.6) is 0 Å². The van der Waals surface area contributed by atoms with E-state index in [-0.39, 0.29) is 17.1 Å². The second-order valence-electron chi connectivity index (χ2n) is 6.69. The lowest BCUT2D eigenvalue weighted by atomic mass is 10.1. The molecule has 1 amide bonds. The number of hydrogen-bond acceptors (Lipinski definition) is 6. The number of rotatable bonds is 7. The Morgan fingerprint density at radius 2 is 1.79 bits per heavy atom. The number of amides is 1. The fourth-order valence-corrected chi connectivity index (χ4v) is 4.86. The van der Waals surface area contributed by atoms with Gasteiger partial charge in [-0.3, -0.25) is 4.79 Å². The number of nitrogens with zero attached hydrogens (tertiary/aromatic N) is 1. The molecule has 0 bridgehead atoms. The molecule has 2 rings (SSSR count). The summed E-state index contributed by atoms with van der Waals surface area (Å²) >= 11 is 1.30. The molecule has 29 heavy (non-hydrogen) atoms. The topological polar surface area (TPSA) is 92.8 Å². The third-order valence-corrected chi connectivity index (χ3v) is 7.63. The van der Waals surface area contributed by atoms with Gasteiger partial charge in [-0.2, -0.15) is 0 Å². The number of ether oxygens (including phenoxy) is 1. The Morgan fingerprint density at radius 3 is 2.34 bits per heavy atom. The van der Waals surface area contributed by atoms with E-state index in [1.807, 2.05) is 6.92 Å². The van der Waals surface area contributed by atoms with Crippen molar-refractivity contribution in [2.75, 3.05) is 26.0 Å². The molecule has 1 aromatic heterocycles. The van der Waals surface area contributed by atoms with E-state index in [1.54, 1.807) is 32.9 Å². The highest BCUT2D eigenvalue weighted by Gasteiger charge is 2.24. The number of hydrogen-bond donors (Lipinski definition) is 1. The molecule has 1 heterocycles. The highest BCUT2D eigenvalue weighted by molar-refractivity contribution is 7.89. The van der Waals surface area contributed by atoms with Crippen LogP contribution in [0.2, 0.25) is 0 Å². The zero-order valence-corrected chi connectivity index (χ0v) is 19.1. The van der Waals surface area contributed by atoms with E-state index >= 15 is 0 Å². The van der Waals surface area contributed by atoms with Gasteiger partial charge in [0.25, 0.3) is 5.91 Å². The number of sulfonamides is 1. The van der Waals surface area contributed by atoms with Crippen LogP contribution >= 0.6 is 11.3 Å². The van der Waals surface area contributed by atoms with Crippen molar-refractivity contribution < 1.29 is 22.7 Å². The number of benzene rings is 1. The molecule has 0 atom stereocenters. The second-order valence-corrected chi connectivity index (χ2v) is 9.94. The monoisotopic (exact) mass is 438 g/mol. The zero-order valence-electron chi connectivity index (χ0n) is 17.5. The van der Waals surface area contributed by atoms with Gasteiger partial charge in [0.1, 0.15) is 5.00 Å². The summed E-state index contributed by atoms with van der Waals surface area (Å²) in [6.07, 6.45) is 0.710. The minimum absolute atomic E-state index is 0.0821. The van der Waals surface area contributed by atoms with Gasteiger partial charge in [-0.05, 0) is 56.5 Å². The molecule has 9 heteroatoms. The Bertz CT molecular complexity index is 1040. The Labute approximate surface area is 175 Å². The van der Waals surface area contributed by atoms with Crippen LogP contribution in [0.25, 0.3) is 0 Å². The molecule has 7 nitrogen and oxygen atoms in total. The lowest BCUT2D eigenvalue weighted by molar-refractivity contribution is 0.0528. The molecule has 0 saturated carbocycles. The molecule has 0 radical (unpaired) electrons. The van der Waals surface area contributed by atoms with Gasteiger partial charge in [-0.25, -0.2) is 17.5 Å². The van der Waals surface area contributed by atoms with Crippen molar-refractivity contribution in [2.24, 2.45) is 0 Å². The molecule has 1 aromatic carbocycles. The van der Waals surface area contributed by atoms with Crippen LogP contribution in [-0.4, -0.2) is 45.3 Å². The van der Waals surface area contributed by atoms with Crippen molar-refractivity contribution >= 4 is 38.2 Å². The van der Waals surface area contributed by atoms with Crippen LogP contribution < -0.4 is 5.32 Å². The molecule has 158 valence electrons. The van der Waals surface area contributed by atoms with Crippen molar-refractivity contribution in [3.63, 3.8) is 0 Å². The van der Waals surface area contributed by atoms with Crippen LogP contribution in [0.15, 0.2) is 23.1 Å². The summed E-state index contributed by atoms with van der Waals surface area (Å²) in [6.45, 7) is 7.36. The Morgan fingerprint density at radius 1 is 1.14 bits per heavy atom. The molecular formula is C20H26N2O5S2. The highest BCUT2D eigenvalue weighted by Crippen LogP contribution is 2.30. The summed E-state index contributed by atoms with van der Waals surface area (Å²) < 4.78 is 31.4. The Balaban J connectivity index is 2.46. The Kier molecular flexibility index (Phi) is 7.20. The number of anilines is 1. The second kappa shape index (κ2) is 9.06. The first-order valence-electron chi connectivity index (χ1n) is 9.17. The minimum atomic E-state index is -3.71. The number of thiophene rings is 1. The Hall–Kier alpha value is -2.23. The smallest absolute Gasteiger partial charge is 0.341 e. The van der Waals surface area contributed by atoms with E-state index in [0.717, 1.165) is 9.18 Å². The average molecular weight is 439 g/mol. The quantitative estimate of drug-likeness (QED) is 0.667. The first-order chi connectivity index (χ1) is 13.5. The van der Waals surface area contributed by atoms with Gasteiger partial charge in [0.15, 0.2) is 0 Å². The SMILES string of the molecule is CCOC(=O)c1cc(CC)sc1NC(=O)c1cc(C)c(C)c(S(=O)(=O)N(C)C)c1. The summed E-state index contributed by atoms with van der Waals surface area (Å²) in [5.74, 6) is -0.993. The molecular weight excluding hydrogens is 412 g/mol. The van der Waals surface area contributed by atoms with Crippen LogP contribution in [0.4, 0.5) is 5.00 Å². The zero-order chi connectivity index (χ0) is 21.9. The van der Waals surface area contributed by atoms with Gasteiger partial charge in [0.2, 0.25) is 10.0 Å². The van der Waals surface area contributed by atoms with E-state index in [1.165, 1.54) is 31.5 Å². The maximum Gasteiger partial charge on any atom is 0.341 e. The largest absolute Gasteiger partial charge is 0.462 e. The maximum atomic E-state index is 12.9. The summed E-state index contributed by atoms with van der Waals surface area (Å²) in [5.41, 5.74) is 1.78. The first-order valence-corrected chi connectivity index (χ1v) is 11.4. The van der Waals surface area contributed by atoms with Crippen molar-refractivity contribution in [2.45, 2.75) is 39.0 Å². The van der Waals surface area contributed by atoms with Crippen molar-refractivity contribution in [1.82, 2.24) is 4.31 Å². The van der Waals surface area contributed by atoms with Gasteiger partial charge < -0.3 is 10.1 Å². The van der Waals surface area contributed by atoms with Crippen LogP contribution in [-0.2, 0) is 21.2 Å². The number of esters is 1. The number of aryl methyl sites for hydroxylation is 2. The maximum absolute atomic E-state index is 12.9. The first kappa shape index (κ1) is 23.1. The van der Waals surface area contributed by atoms with Crippen LogP contribution in [0, 0.1) is 13.8 Å². The third-order valence-electron chi connectivity index (χ3n) is 4.49. The molecule has 0 aliphatic carbocycles. The van der Waals surface area contributed by atoms with E-state index in [0.29, 0.717) is 28.1 Å². The van der Waals surface area contributed by atoms with Crippen LogP contribution in [0.3, 0.4) is 0 Å². The van der Waals surface area contributed by atoms with Gasteiger partial charge >= 0.3 is 5.97 Å². The predicted molar refractivity (Wildman–Crippen MR) is 114 cm³/mol. The van der Waals surface area contributed by atoms with E-state index in [4.69, 9.17) is 4.74 Å². The summed E-state index contributed by atoms with van der Waals surface area (Å²) in [7, 11) is -0.816. The van der Waals surface area contributed by atoms with Crippen molar-refractivity contribution in [3.8, 4) is 0 Å². The third kappa shape index (κ3) is 4.85. The van der Waals surface area contributed by atoms with E-state index in [2.05, 4.69) is 5.32 Å². The lowest BCUT2D eigenvalue weighted by Crippen LogP contribution is -2.24. The van der Waals surface area contributed by atoms with Gasteiger partial charge in [0, 0.05) is 24.5 Å². The molecule has 0 unspecified atom stereocenters. The van der Waals surface area contributed by atoms with Crippen molar-refractivity contribution in [1.29, 1.82) is 0 Å². The normalized spacial score (nSPS) is 11.6. The van der Waals surface area contributed by atoms with E-state index in [9.17, 15) is 18.0 Å². The standard InChI is InChI=1S/C20H26N2O5S2/c1-7-15-11-16(20(24)27-8-2)19(28-15)21-18(23)14-9-12(3)13(4)17(10-14)29(25,26)22(5)6/h9-11H,7-8H2,1-6H3,(H,21,23). The minimum Gasteiger partial charge on any atom is -0.462 e. The summed E-state index contributed by atoms with van der Waals surface area (Å²) in [4.78, 5) is 26.1. The number of carbonyl (C=O) groups is 2. The summed E-state index contributed by atoms with van der Waals surface area (Å²) in [6, 6.07) is 4.71. The fraction of sp³-hybridized carbons (Fsp3) is 0.400. The number of carbonyl (C=O) groups excluding carboxylic acids is 2. The average Bonchev–Trinajstić information content (AvgIpc) is 3.06. The van der Waals surface area contributed by atoms with Gasteiger partial charge in [-0.1, -0.05) is 6.92 Å². The molecule has 1 N–H and O–H groups in total. The molecule has 2 aromatic rings.